The highest BCUT2D eigenvalue weighted by Gasteiger charge is 2.35. The average molecular weight is 186 g/mol. The average Bonchev–Trinajstić information content (AvgIpc) is 2.01. The van der Waals surface area contributed by atoms with Gasteiger partial charge in [-0.05, 0) is 13.0 Å². The highest BCUT2D eigenvalue weighted by Crippen LogP contribution is 2.33. The highest BCUT2D eigenvalue weighted by atomic mass is 19.4. The molecular formula is C8H5F3N2. The largest absolute Gasteiger partial charge is 0.419 e. The van der Waals surface area contributed by atoms with Crippen LogP contribution in [0.5, 0.6) is 0 Å². The van der Waals surface area contributed by atoms with Crippen LogP contribution in [0.2, 0.25) is 0 Å². The summed E-state index contributed by atoms with van der Waals surface area (Å²) in [6, 6.07) is 2.53. The lowest BCUT2D eigenvalue weighted by Gasteiger charge is -2.09. The molecule has 13 heavy (non-hydrogen) atoms. The molecule has 5 heteroatoms. The normalized spacial score (nSPS) is 11.0. The van der Waals surface area contributed by atoms with E-state index in [9.17, 15) is 13.2 Å². The Hall–Kier alpha value is -1.57. The van der Waals surface area contributed by atoms with Gasteiger partial charge in [0.05, 0.1) is 22.9 Å². The Bertz CT molecular complexity index is 363. The van der Waals surface area contributed by atoms with Crippen molar-refractivity contribution in [1.82, 2.24) is 4.98 Å². The lowest BCUT2D eigenvalue weighted by atomic mass is 10.1. The molecule has 0 aliphatic carbocycles. The first-order valence-electron chi connectivity index (χ1n) is 3.39. The number of rotatable bonds is 0. The number of hydrogen-bond donors (Lipinski definition) is 0. The third kappa shape index (κ3) is 1.78. The molecule has 1 heterocycles. The van der Waals surface area contributed by atoms with Crippen LogP contribution in [0.1, 0.15) is 16.8 Å². The molecule has 1 aromatic heterocycles. The zero-order chi connectivity index (χ0) is 10.1. The summed E-state index contributed by atoms with van der Waals surface area (Å²) in [7, 11) is 0. The molecule has 0 fully saturated rings. The summed E-state index contributed by atoms with van der Waals surface area (Å²) < 4.78 is 36.9. The number of pyridine rings is 1. The van der Waals surface area contributed by atoms with Crippen LogP contribution in [0.3, 0.4) is 0 Å². The van der Waals surface area contributed by atoms with Gasteiger partial charge in [0.25, 0.3) is 0 Å². The van der Waals surface area contributed by atoms with Crippen molar-refractivity contribution < 1.29 is 13.2 Å². The van der Waals surface area contributed by atoms with Gasteiger partial charge in [-0.1, -0.05) is 0 Å². The molecule has 0 unspecified atom stereocenters. The maximum absolute atomic E-state index is 12.3. The van der Waals surface area contributed by atoms with Gasteiger partial charge in [-0.2, -0.15) is 18.4 Å². The molecule has 0 bridgehead atoms. The van der Waals surface area contributed by atoms with E-state index in [0.717, 1.165) is 6.07 Å². The number of alkyl halides is 3. The summed E-state index contributed by atoms with van der Waals surface area (Å²) in [5.74, 6) is 0. The van der Waals surface area contributed by atoms with Gasteiger partial charge in [0.1, 0.15) is 0 Å². The molecular weight excluding hydrogens is 181 g/mol. The van der Waals surface area contributed by atoms with Gasteiger partial charge in [0.15, 0.2) is 0 Å². The van der Waals surface area contributed by atoms with Crippen LogP contribution in [0.4, 0.5) is 13.2 Å². The Morgan fingerprint density at radius 3 is 2.46 bits per heavy atom. The standard InChI is InChI=1S/C8H5F3N2/c1-5-7(8(9,10)11)6(4-12)2-3-13-5/h2-3H,1H3. The van der Waals surface area contributed by atoms with Crippen molar-refractivity contribution in [3.8, 4) is 6.07 Å². The van der Waals surface area contributed by atoms with E-state index in [2.05, 4.69) is 4.98 Å². The minimum absolute atomic E-state index is 0.174. The van der Waals surface area contributed by atoms with Gasteiger partial charge in [-0.25, -0.2) is 0 Å². The Kier molecular flexibility index (Phi) is 2.24. The molecule has 0 aromatic carbocycles. The Balaban J connectivity index is 3.43. The monoisotopic (exact) mass is 186 g/mol. The van der Waals surface area contributed by atoms with Crippen molar-refractivity contribution in [3.63, 3.8) is 0 Å². The molecule has 0 N–H and O–H groups in total. The summed E-state index contributed by atoms with van der Waals surface area (Å²) in [4.78, 5) is 3.48. The second-order valence-corrected chi connectivity index (χ2v) is 2.43. The summed E-state index contributed by atoms with van der Waals surface area (Å²) >= 11 is 0. The molecule has 1 aromatic rings. The van der Waals surface area contributed by atoms with Crippen molar-refractivity contribution in [2.24, 2.45) is 0 Å². The van der Waals surface area contributed by atoms with Crippen molar-refractivity contribution in [1.29, 1.82) is 5.26 Å². The van der Waals surface area contributed by atoms with Crippen molar-refractivity contribution in [2.75, 3.05) is 0 Å². The van der Waals surface area contributed by atoms with E-state index in [1.54, 1.807) is 0 Å². The summed E-state index contributed by atoms with van der Waals surface area (Å²) in [5, 5.41) is 8.43. The molecule has 68 valence electrons. The lowest BCUT2D eigenvalue weighted by Crippen LogP contribution is -2.11. The van der Waals surface area contributed by atoms with E-state index >= 15 is 0 Å². The summed E-state index contributed by atoms with van der Waals surface area (Å²) in [6.07, 6.45) is -3.33. The van der Waals surface area contributed by atoms with E-state index in [1.807, 2.05) is 0 Å². The van der Waals surface area contributed by atoms with Crippen LogP contribution in [0.15, 0.2) is 12.3 Å². The number of aromatic nitrogens is 1. The van der Waals surface area contributed by atoms with Crippen LogP contribution in [0, 0.1) is 18.3 Å². The van der Waals surface area contributed by atoms with E-state index < -0.39 is 11.7 Å². The molecule has 0 aliphatic rings. The van der Waals surface area contributed by atoms with Crippen molar-refractivity contribution in [2.45, 2.75) is 13.1 Å². The van der Waals surface area contributed by atoms with Gasteiger partial charge in [-0.3, -0.25) is 4.98 Å². The smallest absolute Gasteiger partial charge is 0.261 e. The fourth-order valence-corrected chi connectivity index (χ4v) is 1.02. The van der Waals surface area contributed by atoms with Crippen LogP contribution in [0.25, 0.3) is 0 Å². The fourth-order valence-electron chi connectivity index (χ4n) is 1.02. The molecule has 0 atom stereocenters. The molecule has 2 nitrogen and oxygen atoms in total. The molecule has 0 saturated heterocycles. The van der Waals surface area contributed by atoms with Crippen LogP contribution < -0.4 is 0 Å². The minimum Gasteiger partial charge on any atom is -0.261 e. The van der Waals surface area contributed by atoms with E-state index in [-0.39, 0.29) is 11.3 Å². The summed E-state index contributed by atoms with van der Waals surface area (Å²) in [5.41, 5.74) is -1.51. The lowest BCUT2D eigenvalue weighted by molar-refractivity contribution is -0.138. The maximum Gasteiger partial charge on any atom is 0.419 e. The van der Waals surface area contributed by atoms with Crippen LogP contribution in [-0.4, -0.2) is 4.98 Å². The Morgan fingerprint density at radius 1 is 1.46 bits per heavy atom. The Morgan fingerprint density at radius 2 is 2.08 bits per heavy atom. The Labute approximate surface area is 72.6 Å². The zero-order valence-corrected chi connectivity index (χ0v) is 6.68. The SMILES string of the molecule is Cc1nccc(C#N)c1C(F)(F)F. The third-order valence-corrected chi connectivity index (χ3v) is 1.54. The van der Waals surface area contributed by atoms with Crippen molar-refractivity contribution in [3.05, 3.63) is 29.1 Å². The number of halogens is 3. The first kappa shape index (κ1) is 9.52. The van der Waals surface area contributed by atoms with Gasteiger partial charge < -0.3 is 0 Å². The zero-order valence-electron chi connectivity index (χ0n) is 6.68. The number of nitriles is 1. The number of aryl methyl sites for hydroxylation is 1. The predicted molar refractivity (Wildman–Crippen MR) is 38.7 cm³/mol. The second kappa shape index (κ2) is 3.05. The second-order valence-electron chi connectivity index (χ2n) is 2.43. The van der Waals surface area contributed by atoms with Crippen LogP contribution >= 0.6 is 0 Å². The van der Waals surface area contributed by atoms with E-state index in [4.69, 9.17) is 5.26 Å². The van der Waals surface area contributed by atoms with Crippen molar-refractivity contribution >= 4 is 0 Å². The van der Waals surface area contributed by atoms with Gasteiger partial charge in [-0.15, -0.1) is 0 Å². The first-order valence-corrected chi connectivity index (χ1v) is 3.39. The molecule has 0 saturated carbocycles. The van der Waals surface area contributed by atoms with E-state index in [1.165, 1.54) is 19.2 Å². The predicted octanol–water partition coefficient (Wildman–Crippen LogP) is 2.28. The number of nitrogens with zero attached hydrogens (tertiary/aromatic N) is 2. The first-order chi connectivity index (χ1) is 5.96. The molecule has 0 amide bonds. The topological polar surface area (TPSA) is 36.7 Å². The molecule has 0 spiro atoms. The number of hydrogen-bond acceptors (Lipinski definition) is 2. The van der Waals surface area contributed by atoms with Gasteiger partial charge >= 0.3 is 6.18 Å². The molecule has 0 radical (unpaired) electrons. The molecule has 1 rings (SSSR count). The third-order valence-electron chi connectivity index (χ3n) is 1.54. The van der Waals surface area contributed by atoms with Gasteiger partial charge in [0.2, 0.25) is 0 Å². The van der Waals surface area contributed by atoms with E-state index in [0.29, 0.717) is 0 Å². The maximum atomic E-state index is 12.3. The minimum atomic E-state index is -4.51. The van der Waals surface area contributed by atoms with Crippen LogP contribution in [-0.2, 0) is 6.18 Å². The quantitative estimate of drug-likeness (QED) is 0.623. The summed E-state index contributed by atoms with van der Waals surface area (Å²) in [6.45, 7) is 1.23. The van der Waals surface area contributed by atoms with Gasteiger partial charge in [0, 0.05) is 6.20 Å². The highest BCUT2D eigenvalue weighted by molar-refractivity contribution is 5.40. The molecule has 0 aliphatic heterocycles. The fraction of sp³-hybridized carbons (Fsp3) is 0.250.